The summed E-state index contributed by atoms with van der Waals surface area (Å²) in [5, 5.41) is 7.27. The van der Waals surface area contributed by atoms with Crippen LogP contribution in [0.4, 0.5) is 0 Å². The predicted molar refractivity (Wildman–Crippen MR) is 75.5 cm³/mol. The van der Waals surface area contributed by atoms with Gasteiger partial charge in [-0.1, -0.05) is 20.3 Å². The van der Waals surface area contributed by atoms with Gasteiger partial charge in [0.25, 0.3) is 0 Å². The Morgan fingerprint density at radius 1 is 1.29 bits per heavy atom. The van der Waals surface area contributed by atoms with E-state index in [1.165, 1.54) is 38.8 Å². The smallest absolute Gasteiger partial charge is 0.0107 e. The molecular weight excluding hydrogens is 210 g/mol. The van der Waals surface area contributed by atoms with E-state index >= 15 is 0 Å². The summed E-state index contributed by atoms with van der Waals surface area (Å²) >= 11 is 0. The van der Waals surface area contributed by atoms with E-state index in [1.807, 2.05) is 0 Å². The summed E-state index contributed by atoms with van der Waals surface area (Å²) in [6.45, 7) is 12.6. The molecule has 1 saturated heterocycles. The van der Waals surface area contributed by atoms with Gasteiger partial charge < -0.3 is 15.5 Å². The standard InChI is InChI=1S/C14H31N3/c1-4-17(5-2)11-10-15-13(3)12-14-8-6-7-9-16-14/h13-16H,4-12H2,1-3H3. The van der Waals surface area contributed by atoms with Crippen LogP contribution in [-0.2, 0) is 0 Å². The van der Waals surface area contributed by atoms with Crippen molar-refractivity contribution in [2.24, 2.45) is 0 Å². The Kier molecular flexibility index (Phi) is 7.82. The minimum Gasteiger partial charge on any atom is -0.314 e. The van der Waals surface area contributed by atoms with Crippen molar-refractivity contribution in [1.82, 2.24) is 15.5 Å². The SMILES string of the molecule is CCN(CC)CCNC(C)CC1CCCCN1. The molecule has 0 aromatic rings. The van der Waals surface area contributed by atoms with E-state index in [-0.39, 0.29) is 0 Å². The molecule has 102 valence electrons. The first-order valence-corrected chi connectivity index (χ1v) is 7.45. The van der Waals surface area contributed by atoms with E-state index in [9.17, 15) is 0 Å². The second-order valence-corrected chi connectivity index (χ2v) is 5.26. The Bertz CT molecular complexity index is 174. The highest BCUT2D eigenvalue weighted by atomic mass is 15.1. The molecule has 0 radical (unpaired) electrons. The van der Waals surface area contributed by atoms with Crippen molar-refractivity contribution in [3.63, 3.8) is 0 Å². The molecular formula is C14H31N3. The van der Waals surface area contributed by atoms with Gasteiger partial charge >= 0.3 is 0 Å². The fourth-order valence-electron chi connectivity index (χ4n) is 2.64. The second-order valence-electron chi connectivity index (χ2n) is 5.26. The maximum absolute atomic E-state index is 3.65. The third-order valence-electron chi connectivity index (χ3n) is 3.87. The molecule has 1 aliphatic rings. The molecule has 2 atom stereocenters. The average molecular weight is 241 g/mol. The molecule has 2 unspecified atom stereocenters. The van der Waals surface area contributed by atoms with Gasteiger partial charge in [-0.3, -0.25) is 0 Å². The molecule has 1 aliphatic heterocycles. The maximum Gasteiger partial charge on any atom is 0.0107 e. The lowest BCUT2D eigenvalue weighted by atomic mass is 9.99. The number of piperidine rings is 1. The van der Waals surface area contributed by atoms with E-state index in [0.717, 1.165) is 25.7 Å². The highest BCUT2D eigenvalue weighted by molar-refractivity contribution is 4.77. The zero-order chi connectivity index (χ0) is 12.5. The van der Waals surface area contributed by atoms with Gasteiger partial charge in [0, 0.05) is 25.2 Å². The minimum atomic E-state index is 0.640. The van der Waals surface area contributed by atoms with Crippen molar-refractivity contribution in [3.8, 4) is 0 Å². The molecule has 0 aromatic heterocycles. The third kappa shape index (κ3) is 6.39. The summed E-state index contributed by atoms with van der Waals surface area (Å²) in [6, 6.07) is 1.39. The van der Waals surface area contributed by atoms with Crippen LogP contribution in [0.2, 0.25) is 0 Å². The monoisotopic (exact) mass is 241 g/mol. The van der Waals surface area contributed by atoms with Crippen LogP contribution in [0.15, 0.2) is 0 Å². The van der Waals surface area contributed by atoms with E-state index in [4.69, 9.17) is 0 Å². The Morgan fingerprint density at radius 2 is 2.06 bits per heavy atom. The lowest BCUT2D eigenvalue weighted by Crippen LogP contribution is -2.42. The number of rotatable bonds is 8. The molecule has 17 heavy (non-hydrogen) atoms. The van der Waals surface area contributed by atoms with Gasteiger partial charge in [0.05, 0.1) is 0 Å². The first-order chi connectivity index (χ1) is 8.26. The number of hydrogen-bond acceptors (Lipinski definition) is 3. The van der Waals surface area contributed by atoms with E-state index < -0.39 is 0 Å². The number of nitrogens with zero attached hydrogens (tertiary/aromatic N) is 1. The van der Waals surface area contributed by atoms with Gasteiger partial charge in [0.1, 0.15) is 0 Å². The molecule has 0 saturated carbocycles. The van der Waals surface area contributed by atoms with Crippen LogP contribution in [0.25, 0.3) is 0 Å². The van der Waals surface area contributed by atoms with Crippen molar-refractivity contribution in [2.45, 2.75) is 58.5 Å². The second kappa shape index (κ2) is 8.90. The molecule has 0 bridgehead atoms. The summed E-state index contributed by atoms with van der Waals surface area (Å²) in [6.07, 6.45) is 5.41. The molecule has 3 nitrogen and oxygen atoms in total. The van der Waals surface area contributed by atoms with Crippen molar-refractivity contribution >= 4 is 0 Å². The van der Waals surface area contributed by atoms with Crippen molar-refractivity contribution in [1.29, 1.82) is 0 Å². The molecule has 2 N–H and O–H groups in total. The number of hydrogen-bond donors (Lipinski definition) is 2. The topological polar surface area (TPSA) is 27.3 Å². The lowest BCUT2D eigenvalue weighted by Gasteiger charge is -2.27. The zero-order valence-corrected chi connectivity index (χ0v) is 12.0. The van der Waals surface area contributed by atoms with E-state index in [2.05, 4.69) is 36.3 Å². The Labute approximate surface area is 107 Å². The van der Waals surface area contributed by atoms with Crippen LogP contribution >= 0.6 is 0 Å². The zero-order valence-electron chi connectivity index (χ0n) is 12.0. The fourth-order valence-corrected chi connectivity index (χ4v) is 2.64. The quantitative estimate of drug-likeness (QED) is 0.679. The third-order valence-corrected chi connectivity index (χ3v) is 3.87. The molecule has 3 heteroatoms. The van der Waals surface area contributed by atoms with Gasteiger partial charge in [-0.2, -0.15) is 0 Å². The molecule has 0 amide bonds. The Balaban J connectivity index is 2.05. The van der Waals surface area contributed by atoms with Gasteiger partial charge in [-0.15, -0.1) is 0 Å². The molecule has 0 aliphatic carbocycles. The highest BCUT2D eigenvalue weighted by Gasteiger charge is 2.15. The molecule has 1 heterocycles. The molecule has 0 spiro atoms. The number of likely N-dealkylation sites (N-methyl/N-ethyl adjacent to an activating group) is 1. The number of nitrogens with one attached hydrogen (secondary N) is 2. The van der Waals surface area contributed by atoms with E-state index in [0.29, 0.717) is 6.04 Å². The molecule has 1 rings (SSSR count). The molecule has 0 aromatic carbocycles. The average Bonchev–Trinajstić information content (AvgIpc) is 2.36. The van der Waals surface area contributed by atoms with Crippen molar-refractivity contribution in [3.05, 3.63) is 0 Å². The Hall–Kier alpha value is -0.120. The summed E-state index contributed by atoms with van der Waals surface area (Å²) in [5.74, 6) is 0. The summed E-state index contributed by atoms with van der Waals surface area (Å²) < 4.78 is 0. The van der Waals surface area contributed by atoms with Gasteiger partial charge in [-0.25, -0.2) is 0 Å². The lowest BCUT2D eigenvalue weighted by molar-refractivity contribution is 0.288. The van der Waals surface area contributed by atoms with Crippen molar-refractivity contribution < 1.29 is 0 Å². The van der Waals surface area contributed by atoms with Crippen LogP contribution < -0.4 is 10.6 Å². The minimum absolute atomic E-state index is 0.640. The van der Waals surface area contributed by atoms with Crippen LogP contribution in [0.1, 0.15) is 46.5 Å². The Morgan fingerprint density at radius 3 is 2.65 bits per heavy atom. The largest absolute Gasteiger partial charge is 0.314 e. The van der Waals surface area contributed by atoms with E-state index in [1.54, 1.807) is 0 Å². The summed E-state index contributed by atoms with van der Waals surface area (Å²) in [4.78, 5) is 2.47. The first kappa shape index (κ1) is 14.9. The first-order valence-electron chi connectivity index (χ1n) is 7.45. The van der Waals surface area contributed by atoms with Crippen LogP contribution in [0, 0.1) is 0 Å². The van der Waals surface area contributed by atoms with Gasteiger partial charge in [0.2, 0.25) is 0 Å². The van der Waals surface area contributed by atoms with Crippen molar-refractivity contribution in [2.75, 3.05) is 32.7 Å². The highest BCUT2D eigenvalue weighted by Crippen LogP contribution is 2.11. The fraction of sp³-hybridized carbons (Fsp3) is 1.00. The van der Waals surface area contributed by atoms with Gasteiger partial charge in [0.15, 0.2) is 0 Å². The van der Waals surface area contributed by atoms with Crippen LogP contribution in [0.5, 0.6) is 0 Å². The van der Waals surface area contributed by atoms with Crippen LogP contribution in [0.3, 0.4) is 0 Å². The summed E-state index contributed by atoms with van der Waals surface area (Å²) in [7, 11) is 0. The summed E-state index contributed by atoms with van der Waals surface area (Å²) in [5.41, 5.74) is 0. The molecule has 1 fully saturated rings. The normalized spacial score (nSPS) is 22.9. The van der Waals surface area contributed by atoms with Gasteiger partial charge in [-0.05, 0) is 45.8 Å². The predicted octanol–water partition coefficient (Wildman–Crippen LogP) is 1.84. The van der Waals surface area contributed by atoms with Crippen LogP contribution in [-0.4, -0.2) is 49.7 Å². The maximum atomic E-state index is 3.65.